The van der Waals surface area contributed by atoms with Crippen molar-refractivity contribution in [3.05, 3.63) is 35.6 Å². The van der Waals surface area contributed by atoms with Gasteiger partial charge in [0.2, 0.25) is 0 Å². The normalized spacial score (nSPS) is 23.7. The lowest BCUT2D eigenvalue weighted by molar-refractivity contribution is -0.137. The molecule has 1 aromatic carbocycles. The smallest absolute Gasteiger partial charge is 0.303 e. The lowest BCUT2D eigenvalue weighted by Gasteiger charge is -2.36. The Morgan fingerprint density at radius 1 is 1.40 bits per heavy atom. The second-order valence-electron chi connectivity index (χ2n) is 5.58. The number of carboxylic acid groups (broad SMARTS) is 1. The molecule has 1 fully saturated rings. The molecule has 0 aliphatic carbocycles. The first-order valence-electron chi connectivity index (χ1n) is 6.97. The minimum Gasteiger partial charge on any atom is -0.481 e. The zero-order chi connectivity index (χ0) is 14.5. The maximum absolute atomic E-state index is 13.7. The number of hydrogen-bond acceptors (Lipinski definition) is 3. The standard InChI is InChI=1S/C15H21FN2O2/c16-14-4-2-1-3-12(14)9-18-8-11(5-6-15(19)20)7-13(17)10-18/h1-4,11,13H,5-10,17H2,(H,19,20). The van der Waals surface area contributed by atoms with Gasteiger partial charge in [0.25, 0.3) is 0 Å². The van der Waals surface area contributed by atoms with Gasteiger partial charge in [-0.1, -0.05) is 18.2 Å². The lowest BCUT2D eigenvalue weighted by atomic mass is 9.90. The van der Waals surface area contributed by atoms with Gasteiger partial charge in [0.1, 0.15) is 5.82 Å². The van der Waals surface area contributed by atoms with Crippen molar-refractivity contribution in [3.8, 4) is 0 Å². The number of carboxylic acids is 1. The number of benzene rings is 1. The molecule has 0 radical (unpaired) electrons. The predicted octanol–water partition coefficient (Wildman–Crippen LogP) is 1.84. The van der Waals surface area contributed by atoms with Crippen LogP contribution in [-0.2, 0) is 11.3 Å². The van der Waals surface area contributed by atoms with Crippen LogP contribution in [0.2, 0.25) is 0 Å². The third-order valence-electron chi connectivity index (χ3n) is 3.76. The number of likely N-dealkylation sites (tertiary alicyclic amines) is 1. The van der Waals surface area contributed by atoms with Gasteiger partial charge < -0.3 is 10.8 Å². The van der Waals surface area contributed by atoms with E-state index in [-0.39, 0.29) is 24.2 Å². The maximum atomic E-state index is 13.7. The molecule has 1 heterocycles. The average Bonchev–Trinajstić information content (AvgIpc) is 2.38. The number of hydrogen-bond donors (Lipinski definition) is 2. The molecule has 0 saturated carbocycles. The molecule has 0 bridgehead atoms. The van der Waals surface area contributed by atoms with Gasteiger partial charge >= 0.3 is 5.97 Å². The summed E-state index contributed by atoms with van der Waals surface area (Å²) >= 11 is 0. The molecular formula is C15H21FN2O2. The highest BCUT2D eigenvalue weighted by molar-refractivity contribution is 5.66. The lowest BCUT2D eigenvalue weighted by Crippen LogP contribution is -2.46. The third-order valence-corrected chi connectivity index (χ3v) is 3.76. The Balaban J connectivity index is 1.94. The largest absolute Gasteiger partial charge is 0.481 e. The van der Waals surface area contributed by atoms with Gasteiger partial charge in [-0.05, 0) is 24.8 Å². The Morgan fingerprint density at radius 2 is 2.15 bits per heavy atom. The van der Waals surface area contributed by atoms with Gasteiger partial charge in [-0.3, -0.25) is 9.69 Å². The van der Waals surface area contributed by atoms with Crippen molar-refractivity contribution in [2.45, 2.75) is 31.8 Å². The fourth-order valence-corrected chi connectivity index (χ4v) is 2.88. The molecular weight excluding hydrogens is 259 g/mol. The number of piperidine rings is 1. The van der Waals surface area contributed by atoms with Crippen molar-refractivity contribution in [2.75, 3.05) is 13.1 Å². The first-order chi connectivity index (χ1) is 9.54. The van der Waals surface area contributed by atoms with Gasteiger partial charge in [0.05, 0.1) is 0 Å². The number of aliphatic carboxylic acids is 1. The molecule has 2 atom stereocenters. The van der Waals surface area contributed by atoms with Gasteiger partial charge in [-0.2, -0.15) is 0 Å². The summed E-state index contributed by atoms with van der Waals surface area (Å²) in [6.07, 6.45) is 1.66. The molecule has 0 spiro atoms. The molecule has 2 rings (SSSR count). The summed E-state index contributed by atoms with van der Waals surface area (Å²) in [6.45, 7) is 2.05. The number of halogens is 1. The predicted molar refractivity (Wildman–Crippen MR) is 74.6 cm³/mol. The monoisotopic (exact) mass is 280 g/mol. The van der Waals surface area contributed by atoms with Crippen molar-refractivity contribution in [3.63, 3.8) is 0 Å². The summed E-state index contributed by atoms with van der Waals surface area (Å²) in [6, 6.07) is 6.78. The molecule has 1 saturated heterocycles. The van der Waals surface area contributed by atoms with Crippen molar-refractivity contribution >= 4 is 5.97 Å². The first kappa shape index (κ1) is 14.9. The van der Waals surface area contributed by atoms with E-state index < -0.39 is 5.97 Å². The highest BCUT2D eigenvalue weighted by Gasteiger charge is 2.25. The molecule has 0 amide bonds. The van der Waals surface area contributed by atoms with Crippen LogP contribution < -0.4 is 5.73 Å². The second kappa shape index (κ2) is 6.81. The Kier molecular flexibility index (Phi) is 5.09. The maximum Gasteiger partial charge on any atom is 0.303 e. The Labute approximate surface area is 118 Å². The number of nitrogens with zero attached hydrogens (tertiary/aromatic N) is 1. The average molecular weight is 280 g/mol. The molecule has 1 aliphatic rings. The van der Waals surface area contributed by atoms with Crippen LogP contribution in [0.15, 0.2) is 24.3 Å². The molecule has 1 aromatic rings. The molecule has 0 aromatic heterocycles. The summed E-state index contributed by atoms with van der Waals surface area (Å²) in [7, 11) is 0. The molecule has 5 heteroatoms. The summed E-state index contributed by atoms with van der Waals surface area (Å²) in [5.74, 6) is -0.694. The SMILES string of the molecule is NC1CC(CCC(=O)O)CN(Cc2ccccc2F)C1. The van der Waals surface area contributed by atoms with Crippen LogP contribution >= 0.6 is 0 Å². The van der Waals surface area contributed by atoms with Crippen molar-refractivity contribution in [1.82, 2.24) is 4.90 Å². The van der Waals surface area contributed by atoms with E-state index in [9.17, 15) is 9.18 Å². The highest BCUT2D eigenvalue weighted by atomic mass is 19.1. The molecule has 3 N–H and O–H groups in total. The van der Waals surface area contributed by atoms with Crippen LogP contribution in [0, 0.1) is 11.7 Å². The van der Waals surface area contributed by atoms with E-state index in [1.165, 1.54) is 6.07 Å². The Hall–Kier alpha value is -1.46. The van der Waals surface area contributed by atoms with E-state index in [0.717, 1.165) is 19.5 Å². The molecule has 1 aliphatic heterocycles. The minimum atomic E-state index is -0.773. The van der Waals surface area contributed by atoms with Crippen LogP contribution in [0.3, 0.4) is 0 Å². The molecule has 20 heavy (non-hydrogen) atoms. The van der Waals surface area contributed by atoms with Gasteiger partial charge in [0, 0.05) is 37.7 Å². The minimum absolute atomic E-state index is 0.0364. The van der Waals surface area contributed by atoms with E-state index in [4.69, 9.17) is 10.8 Å². The quantitative estimate of drug-likeness (QED) is 0.863. The number of carbonyl (C=O) groups is 1. The van der Waals surface area contributed by atoms with Crippen molar-refractivity contribution < 1.29 is 14.3 Å². The second-order valence-corrected chi connectivity index (χ2v) is 5.58. The third kappa shape index (κ3) is 4.28. The fourth-order valence-electron chi connectivity index (χ4n) is 2.88. The molecule has 2 unspecified atom stereocenters. The summed E-state index contributed by atoms with van der Waals surface area (Å²) < 4.78 is 13.7. The molecule has 110 valence electrons. The van der Waals surface area contributed by atoms with E-state index in [1.807, 2.05) is 6.07 Å². The van der Waals surface area contributed by atoms with Crippen LogP contribution in [0.4, 0.5) is 4.39 Å². The zero-order valence-corrected chi connectivity index (χ0v) is 11.5. The fraction of sp³-hybridized carbons (Fsp3) is 0.533. The van der Waals surface area contributed by atoms with Crippen LogP contribution in [0.5, 0.6) is 0 Å². The van der Waals surface area contributed by atoms with Crippen LogP contribution in [0.1, 0.15) is 24.8 Å². The number of rotatable bonds is 5. The van der Waals surface area contributed by atoms with Crippen LogP contribution in [0.25, 0.3) is 0 Å². The van der Waals surface area contributed by atoms with E-state index in [0.29, 0.717) is 18.5 Å². The van der Waals surface area contributed by atoms with Crippen molar-refractivity contribution in [2.24, 2.45) is 11.7 Å². The first-order valence-corrected chi connectivity index (χ1v) is 6.97. The van der Waals surface area contributed by atoms with Gasteiger partial charge in [0.15, 0.2) is 0 Å². The van der Waals surface area contributed by atoms with E-state index >= 15 is 0 Å². The topological polar surface area (TPSA) is 66.6 Å². The Bertz CT molecular complexity index is 467. The summed E-state index contributed by atoms with van der Waals surface area (Å²) in [5.41, 5.74) is 6.70. The summed E-state index contributed by atoms with van der Waals surface area (Å²) in [4.78, 5) is 12.8. The summed E-state index contributed by atoms with van der Waals surface area (Å²) in [5, 5.41) is 8.75. The van der Waals surface area contributed by atoms with E-state index in [1.54, 1.807) is 12.1 Å². The van der Waals surface area contributed by atoms with E-state index in [2.05, 4.69) is 4.90 Å². The van der Waals surface area contributed by atoms with Gasteiger partial charge in [-0.15, -0.1) is 0 Å². The highest BCUT2D eigenvalue weighted by Crippen LogP contribution is 2.22. The number of nitrogens with two attached hydrogens (primary N) is 1. The van der Waals surface area contributed by atoms with Gasteiger partial charge in [-0.25, -0.2) is 4.39 Å². The Morgan fingerprint density at radius 3 is 2.85 bits per heavy atom. The molecule has 4 nitrogen and oxygen atoms in total. The zero-order valence-electron chi connectivity index (χ0n) is 11.5. The van der Waals surface area contributed by atoms with Crippen molar-refractivity contribution in [1.29, 1.82) is 0 Å². The van der Waals surface area contributed by atoms with Crippen LogP contribution in [-0.4, -0.2) is 35.1 Å².